The van der Waals surface area contributed by atoms with Gasteiger partial charge in [0.15, 0.2) is 5.78 Å². The summed E-state index contributed by atoms with van der Waals surface area (Å²) in [5.74, 6) is 0.0974. The largest absolute Gasteiger partial charge is 0.381 e. The molecule has 0 aliphatic heterocycles. The lowest BCUT2D eigenvalue weighted by molar-refractivity contribution is 0.101. The molecule has 2 nitrogen and oxygen atoms in total. The molecule has 18 heavy (non-hydrogen) atoms. The van der Waals surface area contributed by atoms with Gasteiger partial charge in [0, 0.05) is 17.8 Å². The highest BCUT2D eigenvalue weighted by Gasteiger charge is 1.99. The maximum atomic E-state index is 11.2. The predicted molar refractivity (Wildman–Crippen MR) is 75.0 cm³/mol. The molecular weight excluding hydrogens is 222 g/mol. The number of Topliss-reactive ketones (excluding diaryl/α,β-unsaturated/α-hetero) is 1. The summed E-state index contributed by atoms with van der Waals surface area (Å²) in [6.45, 7) is 4.46. The molecule has 0 saturated heterocycles. The smallest absolute Gasteiger partial charge is 0.159 e. The molecule has 0 amide bonds. The Balaban J connectivity index is 2.00. The van der Waals surface area contributed by atoms with Gasteiger partial charge in [0.2, 0.25) is 0 Å². The fraction of sp³-hybridized carbons (Fsp3) is 0.188. The number of benzene rings is 2. The number of anilines is 1. The van der Waals surface area contributed by atoms with Crippen molar-refractivity contribution in [3.05, 3.63) is 65.2 Å². The Morgan fingerprint density at radius 3 is 2.44 bits per heavy atom. The summed E-state index contributed by atoms with van der Waals surface area (Å²) < 4.78 is 0. The molecule has 0 fully saturated rings. The molecule has 0 aliphatic rings. The molecule has 0 saturated carbocycles. The molecule has 0 spiro atoms. The van der Waals surface area contributed by atoms with Crippen molar-refractivity contribution in [2.75, 3.05) is 5.32 Å². The fourth-order valence-electron chi connectivity index (χ4n) is 1.85. The van der Waals surface area contributed by atoms with Gasteiger partial charge in [-0.2, -0.15) is 0 Å². The molecule has 2 aromatic rings. The van der Waals surface area contributed by atoms with Crippen molar-refractivity contribution in [3.63, 3.8) is 0 Å². The number of aryl methyl sites for hydroxylation is 1. The molecule has 0 bridgehead atoms. The zero-order valence-electron chi connectivity index (χ0n) is 10.7. The summed E-state index contributed by atoms with van der Waals surface area (Å²) in [6.07, 6.45) is 0. The van der Waals surface area contributed by atoms with Gasteiger partial charge >= 0.3 is 0 Å². The summed E-state index contributed by atoms with van der Waals surface area (Å²) >= 11 is 0. The Labute approximate surface area is 108 Å². The zero-order chi connectivity index (χ0) is 13.0. The second-order valence-electron chi connectivity index (χ2n) is 4.48. The number of carbonyl (C=O) groups excluding carboxylic acids is 1. The Kier molecular flexibility index (Phi) is 3.78. The topological polar surface area (TPSA) is 29.1 Å². The van der Waals surface area contributed by atoms with E-state index in [1.807, 2.05) is 24.3 Å². The van der Waals surface area contributed by atoms with Crippen LogP contribution in [0.4, 0.5) is 5.69 Å². The zero-order valence-corrected chi connectivity index (χ0v) is 10.7. The van der Waals surface area contributed by atoms with Gasteiger partial charge in [-0.1, -0.05) is 29.8 Å². The van der Waals surface area contributed by atoms with Crippen LogP contribution in [-0.4, -0.2) is 5.78 Å². The molecule has 0 heterocycles. The minimum absolute atomic E-state index is 0.0974. The van der Waals surface area contributed by atoms with Gasteiger partial charge < -0.3 is 5.32 Å². The molecule has 2 rings (SSSR count). The Morgan fingerprint density at radius 2 is 1.83 bits per heavy atom. The van der Waals surface area contributed by atoms with Crippen molar-refractivity contribution in [1.82, 2.24) is 0 Å². The highest BCUT2D eigenvalue weighted by Crippen LogP contribution is 2.12. The molecule has 0 radical (unpaired) electrons. The van der Waals surface area contributed by atoms with Crippen LogP contribution in [-0.2, 0) is 6.54 Å². The quantitative estimate of drug-likeness (QED) is 0.822. The highest BCUT2D eigenvalue weighted by atomic mass is 16.1. The number of carbonyl (C=O) groups is 1. The first-order chi connectivity index (χ1) is 8.65. The highest BCUT2D eigenvalue weighted by molar-refractivity contribution is 5.94. The molecule has 2 heteroatoms. The second kappa shape index (κ2) is 5.50. The Hall–Kier alpha value is -2.09. The van der Waals surface area contributed by atoms with Crippen LogP contribution >= 0.6 is 0 Å². The monoisotopic (exact) mass is 239 g/mol. The van der Waals surface area contributed by atoms with Crippen molar-refractivity contribution in [1.29, 1.82) is 0 Å². The van der Waals surface area contributed by atoms with E-state index >= 15 is 0 Å². The summed E-state index contributed by atoms with van der Waals surface area (Å²) in [6, 6.07) is 16.0. The Morgan fingerprint density at radius 1 is 1.11 bits per heavy atom. The van der Waals surface area contributed by atoms with E-state index in [1.165, 1.54) is 11.1 Å². The van der Waals surface area contributed by atoms with Crippen molar-refractivity contribution in [2.24, 2.45) is 0 Å². The summed E-state index contributed by atoms with van der Waals surface area (Å²) in [4.78, 5) is 11.2. The van der Waals surface area contributed by atoms with Gasteiger partial charge in [0.25, 0.3) is 0 Å². The molecule has 0 aliphatic carbocycles. The SMILES string of the molecule is CC(=O)c1ccc(NCc2cccc(C)c2)cc1. The molecule has 0 aromatic heterocycles. The van der Waals surface area contributed by atoms with Crippen LogP contribution in [0.5, 0.6) is 0 Å². The average molecular weight is 239 g/mol. The predicted octanol–water partition coefficient (Wildman–Crippen LogP) is 3.81. The van der Waals surface area contributed by atoms with Crippen LogP contribution < -0.4 is 5.32 Å². The van der Waals surface area contributed by atoms with Crippen LogP contribution in [0, 0.1) is 6.92 Å². The summed E-state index contributed by atoms with van der Waals surface area (Å²) in [5.41, 5.74) is 4.30. The van der Waals surface area contributed by atoms with Crippen LogP contribution in [0.1, 0.15) is 28.4 Å². The van der Waals surface area contributed by atoms with E-state index < -0.39 is 0 Å². The van der Waals surface area contributed by atoms with Crippen LogP contribution in [0.15, 0.2) is 48.5 Å². The molecule has 0 atom stereocenters. The lowest BCUT2D eigenvalue weighted by atomic mass is 10.1. The van der Waals surface area contributed by atoms with E-state index in [0.717, 1.165) is 17.8 Å². The first-order valence-electron chi connectivity index (χ1n) is 6.05. The summed E-state index contributed by atoms with van der Waals surface area (Å²) in [5, 5.41) is 3.34. The molecule has 0 unspecified atom stereocenters. The maximum absolute atomic E-state index is 11.2. The van der Waals surface area contributed by atoms with Gasteiger partial charge in [0.1, 0.15) is 0 Å². The van der Waals surface area contributed by atoms with Crippen LogP contribution in [0.3, 0.4) is 0 Å². The molecule has 92 valence electrons. The van der Waals surface area contributed by atoms with Crippen LogP contribution in [0.2, 0.25) is 0 Å². The van der Waals surface area contributed by atoms with Crippen molar-refractivity contribution in [3.8, 4) is 0 Å². The minimum Gasteiger partial charge on any atom is -0.381 e. The third kappa shape index (κ3) is 3.20. The van der Waals surface area contributed by atoms with E-state index in [9.17, 15) is 4.79 Å². The number of rotatable bonds is 4. The lowest BCUT2D eigenvalue weighted by Crippen LogP contribution is -2.00. The first kappa shape index (κ1) is 12.4. The third-order valence-electron chi connectivity index (χ3n) is 2.87. The van der Waals surface area contributed by atoms with E-state index in [2.05, 4.69) is 36.5 Å². The number of hydrogen-bond acceptors (Lipinski definition) is 2. The maximum Gasteiger partial charge on any atom is 0.159 e. The average Bonchev–Trinajstić information content (AvgIpc) is 2.37. The first-order valence-corrected chi connectivity index (χ1v) is 6.05. The normalized spacial score (nSPS) is 10.1. The number of nitrogens with one attached hydrogen (secondary N) is 1. The van der Waals surface area contributed by atoms with Crippen LogP contribution in [0.25, 0.3) is 0 Å². The Bertz CT molecular complexity index is 543. The second-order valence-corrected chi connectivity index (χ2v) is 4.48. The van der Waals surface area contributed by atoms with Crippen molar-refractivity contribution in [2.45, 2.75) is 20.4 Å². The summed E-state index contributed by atoms with van der Waals surface area (Å²) in [7, 11) is 0. The molecule has 2 aromatic carbocycles. The van der Waals surface area contributed by atoms with E-state index in [1.54, 1.807) is 6.92 Å². The van der Waals surface area contributed by atoms with E-state index in [-0.39, 0.29) is 5.78 Å². The van der Waals surface area contributed by atoms with Gasteiger partial charge in [0.05, 0.1) is 0 Å². The lowest BCUT2D eigenvalue weighted by Gasteiger charge is -2.07. The standard InChI is InChI=1S/C16H17NO/c1-12-4-3-5-14(10-12)11-17-16-8-6-15(7-9-16)13(2)18/h3-10,17H,11H2,1-2H3. The molecular formula is C16H17NO. The van der Waals surface area contributed by atoms with E-state index in [0.29, 0.717) is 0 Å². The third-order valence-corrected chi connectivity index (χ3v) is 2.87. The molecule has 1 N–H and O–H groups in total. The van der Waals surface area contributed by atoms with Gasteiger partial charge in [-0.15, -0.1) is 0 Å². The van der Waals surface area contributed by atoms with Gasteiger partial charge in [-0.25, -0.2) is 0 Å². The van der Waals surface area contributed by atoms with Gasteiger partial charge in [-0.05, 0) is 43.7 Å². The van der Waals surface area contributed by atoms with Gasteiger partial charge in [-0.3, -0.25) is 4.79 Å². The van der Waals surface area contributed by atoms with E-state index in [4.69, 9.17) is 0 Å². The minimum atomic E-state index is 0.0974. The number of hydrogen-bond donors (Lipinski definition) is 1. The van der Waals surface area contributed by atoms with Crippen molar-refractivity contribution < 1.29 is 4.79 Å². The number of ketones is 1. The fourth-order valence-corrected chi connectivity index (χ4v) is 1.85. The van der Waals surface area contributed by atoms with Crippen molar-refractivity contribution >= 4 is 11.5 Å².